The zero-order chi connectivity index (χ0) is 91.6. The predicted octanol–water partition coefficient (Wildman–Crippen LogP) is 2.91. The van der Waals surface area contributed by atoms with Gasteiger partial charge in [-0.15, -0.1) is 0 Å². The number of unbranched alkanes of at least 4 members (excludes halogenated alkanes) is 1. The van der Waals surface area contributed by atoms with Crippen molar-refractivity contribution in [1.82, 2.24) is 78.7 Å². The highest BCUT2D eigenvalue weighted by atomic mass is 35.5. The van der Waals surface area contributed by atoms with Crippen molar-refractivity contribution < 1.29 is 80.6 Å². The summed E-state index contributed by atoms with van der Waals surface area (Å²) in [6.45, 7) is 8.39. The molecule has 2 aromatic heterocycles. The summed E-state index contributed by atoms with van der Waals surface area (Å²) in [7, 11) is -4.31. The number of para-hydroxylation sites is 1. The molecule has 2 saturated heterocycles. The maximum atomic E-state index is 15.7. The number of hydrogen-bond acceptors (Lipinski definition) is 20. The van der Waals surface area contributed by atoms with Crippen molar-refractivity contribution in [1.29, 1.82) is 0 Å². The van der Waals surface area contributed by atoms with E-state index in [0.29, 0.717) is 52.9 Å². The van der Waals surface area contributed by atoms with Gasteiger partial charge >= 0.3 is 12.1 Å². The summed E-state index contributed by atoms with van der Waals surface area (Å²) < 4.78 is 30.7. The Balaban J connectivity index is 0.964. The van der Waals surface area contributed by atoms with E-state index >= 15 is 28.8 Å². The normalized spacial score (nSPS) is 16.0. The smallest absolute Gasteiger partial charge is 0.322 e. The number of carbonyl (C=O) groups excluding carboxylic acids is 14. The van der Waals surface area contributed by atoms with E-state index in [1.165, 1.54) is 85.0 Å². The van der Waals surface area contributed by atoms with Crippen molar-refractivity contribution in [2.45, 2.75) is 189 Å². The quantitative estimate of drug-likeness (QED) is 0.0244. The maximum Gasteiger partial charge on any atom is 0.322 e. The highest BCUT2D eigenvalue weighted by Gasteiger charge is 2.41. The van der Waals surface area contributed by atoms with Gasteiger partial charge in [0.2, 0.25) is 70.9 Å². The number of pyridine rings is 2. The Morgan fingerprint density at radius 2 is 1.05 bits per heavy atom. The molecule has 1 unspecified atom stereocenters. The Hall–Kier alpha value is -13.5. The van der Waals surface area contributed by atoms with Crippen molar-refractivity contribution in [2.24, 2.45) is 17.4 Å². The summed E-state index contributed by atoms with van der Waals surface area (Å²) in [5.41, 5.74) is 13.6. The van der Waals surface area contributed by atoms with Crippen LogP contribution in [-0.4, -0.2) is 204 Å². The number of rotatable bonds is 43. The second-order valence-electron chi connectivity index (χ2n) is 32.0. The zero-order valence-corrected chi connectivity index (χ0v) is 72.2. The number of nitrogens with one attached hydrogen (secondary N) is 14. The molecule has 38 heteroatoms. The number of carbonyl (C=O) groups is 14. The lowest BCUT2D eigenvalue weighted by molar-refractivity contribution is -0.142. The number of amides is 16. The number of aromatic nitrogens is 2. The second kappa shape index (κ2) is 45.4. The van der Waals surface area contributed by atoms with Gasteiger partial charge in [0.05, 0.1) is 18.5 Å². The molecule has 0 aliphatic carbocycles. The molecule has 0 bridgehead atoms. The van der Waals surface area contributed by atoms with Gasteiger partial charge in [0.25, 0.3) is 10.0 Å². The highest BCUT2D eigenvalue weighted by molar-refractivity contribution is 7.93. The maximum absolute atomic E-state index is 15.7. The summed E-state index contributed by atoms with van der Waals surface area (Å²) in [6.07, 6.45) is 4.00. The first-order valence-electron chi connectivity index (χ1n) is 41.7. The number of halogens is 1. The SMILES string of the molecule is CC(C)C[C@H](NC(=O)[C@@H](Cc1ccc(NS(=O)(=O)c2cccc3cccnc23)cc1)NC(=O)[C@H](Cc1ccc(NC(=O)C2CC(=O)NC(=O)N2)cc1)NC(=O)[C@H](CO)NC(=O)[C@@H](Cc1cccnc1)NC(=O)[C@@H](Cc1ccc(Cl)cc1)NC(=O)[C@@H](Cc1ccc2ccccc2c1)NC(N)=O)C(=O)N[C@@H](CCCCNC(C)C)C(=O)N1CCC[C@H]1C(=O)N[C@H](C)C(N)=O. The third-order valence-corrected chi connectivity index (χ3v) is 22.9. The summed E-state index contributed by atoms with van der Waals surface area (Å²) in [5.74, 6) is -10.9. The van der Waals surface area contributed by atoms with Gasteiger partial charge < -0.3 is 85.3 Å². The summed E-state index contributed by atoms with van der Waals surface area (Å²) >= 11 is 6.28. The minimum atomic E-state index is -4.31. The standard InChI is InChI=1S/C89H106ClN19O17S/c1-50(2)40-65(79(114)98-64(19-8-9-37-94-51(3)4)87(122)109-39-13-20-73(109)86(121)96-52(5)77(91)112)99-80(115)67(44-55-27-34-63(35-28-55)108-127(125,126)74-21-10-17-59-18-12-38-95-76(59)74)100-82(117)68(43-54-25-32-62(33-26-54)97-78(113)71-47-75(111)107-89(124)106-71)103-85(120)72(49-110)104-83(118)69(46-57-14-11-36-93-48-57)102-81(116)66(42-53-23-30-61(90)31-24-53)101-84(119)70(105-88(92)123)45-56-22-29-58-15-6-7-16-60(58)41-56/h6-7,10-12,14-18,21-36,38,41,48,50-52,64-73,94,108,110H,8-9,13,19-20,37,39-40,42-47,49H2,1-5H3,(H2,91,112)(H,96,121)(H,97,113)(H,98,114)(H,99,115)(H,100,117)(H,101,119)(H,102,116)(H,103,120)(H,104,118)(H3,92,105,123)(H2,106,107,111,124)/t52-,64+,65+,66-,67-,68+,69-,70-,71?,72+,73+/m1/s1. The van der Waals surface area contributed by atoms with E-state index in [4.69, 9.17) is 23.1 Å². The first-order valence-corrected chi connectivity index (χ1v) is 43.5. The minimum absolute atomic E-state index is 0.0647. The number of sulfonamides is 1. The van der Waals surface area contributed by atoms with Crippen molar-refractivity contribution in [3.8, 4) is 0 Å². The lowest BCUT2D eigenvalue weighted by atomic mass is 9.99. The van der Waals surface area contributed by atoms with Gasteiger partial charge in [-0.2, -0.15) is 0 Å². The van der Waals surface area contributed by atoms with E-state index in [1.54, 1.807) is 80.6 Å². The molecule has 0 saturated carbocycles. The van der Waals surface area contributed by atoms with Crippen molar-refractivity contribution in [2.75, 3.05) is 29.7 Å². The van der Waals surface area contributed by atoms with Gasteiger partial charge in [0.15, 0.2) is 0 Å². The molecule has 36 nitrogen and oxygen atoms in total. The Bertz CT molecular complexity index is 5410. The third kappa shape index (κ3) is 28.2. The van der Waals surface area contributed by atoms with Crippen LogP contribution < -0.4 is 85.3 Å². The zero-order valence-electron chi connectivity index (χ0n) is 70.6. The lowest BCUT2D eigenvalue weighted by Crippen LogP contribution is -2.62. The fourth-order valence-corrected chi connectivity index (χ4v) is 16.0. The number of aliphatic hydroxyl groups is 1. The molecule has 127 heavy (non-hydrogen) atoms. The van der Waals surface area contributed by atoms with Gasteiger partial charge in [-0.25, -0.2) is 18.0 Å². The molecule has 2 aliphatic rings. The summed E-state index contributed by atoms with van der Waals surface area (Å²) in [4.78, 5) is 207. The Morgan fingerprint density at radius 1 is 0.535 bits per heavy atom. The van der Waals surface area contributed by atoms with E-state index in [1.807, 2.05) is 50.2 Å². The van der Waals surface area contributed by atoms with Gasteiger partial charge in [0, 0.05) is 85.1 Å². The van der Waals surface area contributed by atoms with Gasteiger partial charge in [-0.05, 0) is 151 Å². The van der Waals surface area contributed by atoms with Gasteiger partial charge in [0.1, 0.15) is 71.4 Å². The van der Waals surface area contributed by atoms with E-state index in [0.717, 1.165) is 10.8 Å². The number of imide groups is 1. The van der Waals surface area contributed by atoms with Crippen LogP contribution in [0.1, 0.15) is 107 Å². The first kappa shape index (κ1) is 95.7. The average molecular weight is 1780 g/mol. The number of nitrogens with zero attached hydrogens (tertiary/aromatic N) is 3. The third-order valence-electron chi connectivity index (χ3n) is 21.3. The highest BCUT2D eigenvalue weighted by Crippen LogP contribution is 2.27. The van der Waals surface area contributed by atoms with Gasteiger partial charge in [-0.1, -0.05) is 142 Å². The fraction of sp³-hybridized carbons (Fsp3) is 0.371. The van der Waals surface area contributed by atoms with E-state index < -0.39 is 179 Å². The number of fused-ring (bicyclic) bond motifs is 2. The van der Waals surface area contributed by atoms with Crippen molar-refractivity contribution >= 4 is 138 Å². The number of hydrogen-bond donors (Lipinski definition) is 17. The first-order chi connectivity index (χ1) is 60.6. The molecule has 6 aromatic carbocycles. The summed E-state index contributed by atoms with van der Waals surface area (Å²) in [6, 6.07) is 23.9. The number of anilines is 2. The molecule has 8 aromatic rings. The molecule has 4 heterocycles. The summed E-state index contributed by atoms with van der Waals surface area (Å²) in [5, 5.41) is 48.2. The van der Waals surface area contributed by atoms with E-state index in [-0.39, 0.29) is 96.4 Å². The van der Waals surface area contributed by atoms with Crippen LogP contribution in [-0.2, 0) is 99.7 Å². The molecule has 2 aliphatic heterocycles. The van der Waals surface area contributed by atoms with Crippen LogP contribution in [0.2, 0.25) is 5.02 Å². The lowest BCUT2D eigenvalue weighted by Gasteiger charge is -2.31. The molecule has 19 N–H and O–H groups in total. The number of primary amides is 2. The van der Waals surface area contributed by atoms with Crippen LogP contribution in [0.3, 0.4) is 0 Å². The number of nitrogens with two attached hydrogens (primary N) is 2. The van der Waals surface area contributed by atoms with Gasteiger partial charge in [-0.3, -0.25) is 77.5 Å². The average Bonchev–Trinajstić information content (AvgIpc) is 1.24. The number of urea groups is 2. The minimum Gasteiger partial charge on any atom is -0.394 e. The largest absolute Gasteiger partial charge is 0.394 e. The van der Waals surface area contributed by atoms with Crippen LogP contribution in [0.15, 0.2) is 181 Å². The molecule has 2 fully saturated rings. The molecule has 10 rings (SSSR count). The molecule has 16 amide bonds. The van der Waals surface area contributed by atoms with Crippen LogP contribution in [0.5, 0.6) is 0 Å². The molecule has 0 spiro atoms. The van der Waals surface area contributed by atoms with Crippen molar-refractivity contribution in [3.63, 3.8) is 0 Å². The van der Waals surface area contributed by atoms with Crippen molar-refractivity contribution in [3.05, 3.63) is 209 Å². The van der Waals surface area contributed by atoms with Crippen LogP contribution >= 0.6 is 11.6 Å². The number of benzene rings is 6. The second-order valence-corrected chi connectivity index (χ2v) is 34.1. The Labute approximate surface area is 738 Å². The van der Waals surface area contributed by atoms with Crippen LogP contribution in [0.4, 0.5) is 21.0 Å². The predicted molar refractivity (Wildman–Crippen MR) is 472 cm³/mol. The Morgan fingerprint density at radius 3 is 1.61 bits per heavy atom. The monoisotopic (exact) mass is 1780 g/mol. The number of aliphatic hydroxyl groups excluding tert-OH is 1. The van der Waals surface area contributed by atoms with Crippen LogP contribution in [0.25, 0.3) is 21.7 Å². The topological polar surface area (TPSA) is 543 Å². The molecule has 11 atom stereocenters. The molecular formula is C89H106ClN19O17S. The van der Waals surface area contributed by atoms with E-state index in [9.17, 15) is 51.9 Å². The fourth-order valence-electron chi connectivity index (χ4n) is 14.6. The van der Waals surface area contributed by atoms with Crippen LogP contribution in [0, 0.1) is 5.92 Å². The molecule has 672 valence electrons. The molecular weight excluding hydrogens is 1670 g/mol. The van der Waals surface area contributed by atoms with E-state index in [2.05, 4.69) is 83.8 Å². The number of likely N-dealkylation sites (tertiary alicyclic amines) is 1. The Kier molecular flexibility index (Phi) is 34.2. The molecule has 0 radical (unpaired) electrons.